The van der Waals surface area contributed by atoms with Gasteiger partial charge in [-0.2, -0.15) is 8.87 Å². The van der Waals surface area contributed by atoms with E-state index in [1.54, 1.807) is 20.8 Å². The Hall–Kier alpha value is -3.08. The molecule has 4 rings (SSSR count). The van der Waals surface area contributed by atoms with Gasteiger partial charge in [0.2, 0.25) is 10.0 Å². The number of aryl methyl sites for hydroxylation is 1. The molecule has 4 atom stereocenters. The van der Waals surface area contributed by atoms with Crippen LogP contribution in [0.4, 0.5) is 4.79 Å². The van der Waals surface area contributed by atoms with E-state index in [0.29, 0.717) is 4.57 Å². The fraction of sp³-hybridized carbons (Fsp3) is 0.581. The molecule has 1 aromatic heterocycles. The van der Waals surface area contributed by atoms with E-state index in [0.717, 1.165) is 19.8 Å². The molecule has 15 heteroatoms. The van der Waals surface area contributed by atoms with Crippen molar-refractivity contribution >= 4 is 24.4 Å². The third kappa shape index (κ3) is 6.40. The molecule has 254 valence electrons. The van der Waals surface area contributed by atoms with Gasteiger partial charge in [-0.3, -0.25) is 9.36 Å². The van der Waals surface area contributed by atoms with Crippen molar-refractivity contribution in [1.29, 1.82) is 0 Å². The number of benzene rings is 1. The van der Waals surface area contributed by atoms with Crippen LogP contribution in [-0.4, -0.2) is 73.3 Å². The van der Waals surface area contributed by atoms with Crippen molar-refractivity contribution in [1.82, 2.24) is 13.4 Å². The maximum atomic E-state index is 14.1. The second-order valence-electron chi connectivity index (χ2n) is 14.3. The van der Waals surface area contributed by atoms with Gasteiger partial charge in [0, 0.05) is 24.5 Å². The molecule has 0 unspecified atom stereocenters. The predicted molar refractivity (Wildman–Crippen MR) is 175 cm³/mol. The van der Waals surface area contributed by atoms with Gasteiger partial charge < -0.3 is 24.4 Å². The average Bonchev–Trinajstić information content (AvgIpc) is 3.31. The molecule has 0 amide bonds. The summed E-state index contributed by atoms with van der Waals surface area (Å²) in [6, 6.07) is 9.40. The zero-order valence-corrected chi connectivity index (χ0v) is 30.0. The van der Waals surface area contributed by atoms with Crippen LogP contribution in [0.25, 0.3) is 0 Å². The predicted octanol–water partition coefficient (Wildman–Crippen LogP) is 3.42. The van der Waals surface area contributed by atoms with Crippen LogP contribution < -0.4 is 17.0 Å². The molecule has 1 aromatic carbocycles. The van der Waals surface area contributed by atoms with Crippen LogP contribution in [0.15, 0.2) is 57.2 Å². The molecule has 2 aromatic rings. The van der Waals surface area contributed by atoms with Crippen LogP contribution in [0.5, 0.6) is 0 Å². The van der Waals surface area contributed by atoms with Crippen molar-refractivity contribution in [3.05, 3.63) is 79.6 Å². The van der Waals surface area contributed by atoms with Crippen molar-refractivity contribution < 1.29 is 31.8 Å². The van der Waals surface area contributed by atoms with Crippen molar-refractivity contribution in [3.63, 3.8) is 0 Å². The molecule has 46 heavy (non-hydrogen) atoms. The molecule has 0 aliphatic carbocycles. The van der Waals surface area contributed by atoms with Gasteiger partial charge in [-0.05, 0) is 51.4 Å². The van der Waals surface area contributed by atoms with E-state index < -0.39 is 65.3 Å². The standard InChI is InChI=1S/C31H46N4O9SSi/c1-20-16-34(27(37)35(25(20)36)28(38)43-29(2,3)4)26-24(44-46(9,10)30(5,6)7)31(22(32)19-45(39,40)33(31)8)23(42-26)18-41-17-21-14-12-11-13-15-21/h11-16,19,23-24,26H,17-18,32H2,1-10H3/t23-,24+,26-,31-/m1/s1. The van der Waals surface area contributed by atoms with Crippen LogP contribution in [0, 0.1) is 6.92 Å². The molecule has 2 aliphatic rings. The maximum Gasteiger partial charge on any atom is 0.425 e. The molecular formula is C31H46N4O9SSi. The minimum Gasteiger partial charge on any atom is -0.443 e. The summed E-state index contributed by atoms with van der Waals surface area (Å²) < 4.78 is 54.5. The molecule has 3 heterocycles. The molecule has 1 spiro atoms. The summed E-state index contributed by atoms with van der Waals surface area (Å²) in [4.78, 5) is 40.4. The van der Waals surface area contributed by atoms with E-state index in [2.05, 4.69) is 0 Å². The Labute approximate surface area is 271 Å². The van der Waals surface area contributed by atoms with E-state index in [9.17, 15) is 22.8 Å². The SMILES string of the molecule is Cc1cn([C@@H]2O[C@H](COCc3ccccc3)[C@]3(C(N)=CS(=O)(=O)N3C)[C@H]2O[Si](C)(C)C(C)(C)C)c(=O)n(C(=O)OC(C)(C)C)c1=O. The lowest BCUT2D eigenvalue weighted by Gasteiger charge is -2.46. The topological polar surface area (TPSA) is 161 Å². The van der Waals surface area contributed by atoms with Crippen LogP contribution in [0.1, 0.15) is 58.9 Å². The van der Waals surface area contributed by atoms with Crippen LogP contribution in [-0.2, 0) is 35.3 Å². The normalized spacial score (nSPS) is 25.2. The van der Waals surface area contributed by atoms with Crippen molar-refractivity contribution in [2.24, 2.45) is 5.73 Å². The number of hydrogen-bond acceptors (Lipinski definition) is 10. The highest BCUT2D eigenvalue weighted by Crippen LogP contribution is 2.52. The Morgan fingerprint density at radius 3 is 2.22 bits per heavy atom. The molecule has 1 saturated heterocycles. The number of sulfonamides is 1. The van der Waals surface area contributed by atoms with E-state index in [1.807, 2.05) is 64.2 Å². The molecule has 1 fully saturated rings. The van der Waals surface area contributed by atoms with Gasteiger partial charge in [0.05, 0.1) is 18.6 Å². The second kappa shape index (κ2) is 12.2. The van der Waals surface area contributed by atoms with E-state index in [-0.39, 0.29) is 29.5 Å². The third-order valence-corrected chi connectivity index (χ3v) is 14.9. The first-order chi connectivity index (χ1) is 21.0. The highest BCUT2D eigenvalue weighted by molar-refractivity contribution is 7.92. The number of carbonyl (C=O) groups is 1. The van der Waals surface area contributed by atoms with Gasteiger partial charge in [-0.15, -0.1) is 0 Å². The summed E-state index contributed by atoms with van der Waals surface area (Å²) in [5.74, 6) is 0. The quantitative estimate of drug-likeness (QED) is 0.430. The number of nitrogens with two attached hydrogens (primary N) is 1. The number of carbonyl (C=O) groups excluding carboxylic acids is 1. The fourth-order valence-corrected chi connectivity index (χ4v) is 8.13. The molecule has 0 bridgehead atoms. The fourth-order valence-electron chi connectivity index (χ4n) is 5.43. The smallest absolute Gasteiger partial charge is 0.425 e. The van der Waals surface area contributed by atoms with Gasteiger partial charge >= 0.3 is 11.8 Å². The number of nitrogens with zero attached hydrogens (tertiary/aromatic N) is 3. The summed E-state index contributed by atoms with van der Waals surface area (Å²) in [5.41, 5.74) is 2.99. The highest BCUT2D eigenvalue weighted by atomic mass is 32.2. The molecule has 2 aliphatic heterocycles. The van der Waals surface area contributed by atoms with Crippen molar-refractivity contribution in [2.75, 3.05) is 13.7 Å². The number of rotatable bonds is 7. The van der Waals surface area contributed by atoms with Crippen LogP contribution in [0.3, 0.4) is 0 Å². The Kier molecular flexibility index (Phi) is 9.47. The summed E-state index contributed by atoms with van der Waals surface area (Å²) in [6.45, 7) is 16.4. The Morgan fingerprint density at radius 1 is 1.09 bits per heavy atom. The first-order valence-electron chi connectivity index (χ1n) is 15.0. The summed E-state index contributed by atoms with van der Waals surface area (Å²) in [6.07, 6.45) is -3.47. The lowest BCUT2D eigenvalue weighted by Crippen LogP contribution is -2.64. The first kappa shape index (κ1) is 35.8. The summed E-state index contributed by atoms with van der Waals surface area (Å²) in [5, 5.41) is 0.617. The van der Waals surface area contributed by atoms with Gasteiger partial charge in [0.25, 0.3) is 5.56 Å². The average molecular weight is 679 g/mol. The van der Waals surface area contributed by atoms with Gasteiger partial charge in [0.15, 0.2) is 14.5 Å². The molecule has 13 nitrogen and oxygen atoms in total. The lowest BCUT2D eigenvalue weighted by atomic mass is 9.85. The van der Waals surface area contributed by atoms with E-state index in [1.165, 1.54) is 20.2 Å². The molecule has 2 N–H and O–H groups in total. The minimum absolute atomic E-state index is 0.0419. The van der Waals surface area contributed by atoms with E-state index >= 15 is 0 Å². The van der Waals surface area contributed by atoms with Crippen molar-refractivity contribution in [2.45, 2.75) is 103 Å². The van der Waals surface area contributed by atoms with Gasteiger partial charge in [0.1, 0.15) is 23.3 Å². The lowest BCUT2D eigenvalue weighted by molar-refractivity contribution is -0.0693. The molecule has 0 saturated carbocycles. The van der Waals surface area contributed by atoms with Crippen molar-refractivity contribution in [3.8, 4) is 0 Å². The van der Waals surface area contributed by atoms with Gasteiger partial charge in [-0.25, -0.2) is 18.0 Å². The third-order valence-electron chi connectivity index (χ3n) is 8.87. The second-order valence-corrected chi connectivity index (χ2v) is 20.9. The molecular weight excluding hydrogens is 633 g/mol. The number of hydrogen-bond donors (Lipinski definition) is 1. The largest absolute Gasteiger partial charge is 0.443 e. The number of likely N-dealkylation sites (N-methyl/N-ethyl adjacent to an activating group) is 1. The zero-order chi connectivity index (χ0) is 34.6. The van der Waals surface area contributed by atoms with Gasteiger partial charge in [-0.1, -0.05) is 51.1 Å². The number of ether oxygens (including phenoxy) is 3. The van der Waals surface area contributed by atoms with Crippen LogP contribution in [0.2, 0.25) is 18.1 Å². The summed E-state index contributed by atoms with van der Waals surface area (Å²) >= 11 is 0. The zero-order valence-electron chi connectivity index (χ0n) is 28.2. The Bertz CT molecular complexity index is 1740. The minimum atomic E-state index is -4.04. The summed E-state index contributed by atoms with van der Waals surface area (Å²) in [7, 11) is -5.42. The maximum absolute atomic E-state index is 14.1. The van der Waals surface area contributed by atoms with Crippen LogP contribution >= 0.6 is 0 Å². The highest BCUT2D eigenvalue weighted by Gasteiger charge is 2.68. The number of aromatic nitrogens is 2. The first-order valence-corrected chi connectivity index (χ1v) is 19.5. The Balaban J connectivity index is 1.94. The molecule has 0 radical (unpaired) electrons. The van der Waals surface area contributed by atoms with E-state index in [4.69, 9.17) is 24.4 Å². The Morgan fingerprint density at radius 2 is 1.70 bits per heavy atom. The monoisotopic (exact) mass is 678 g/mol.